The molecule has 0 unspecified atom stereocenters. The molecule has 0 aliphatic rings. The molecule has 0 bridgehead atoms. The molecule has 1 nitrogen and oxygen atoms in total. The summed E-state index contributed by atoms with van der Waals surface area (Å²) in [5.41, 5.74) is 3.75. The highest BCUT2D eigenvalue weighted by Crippen LogP contribution is 2.22. The van der Waals surface area contributed by atoms with Crippen LogP contribution >= 0.6 is 0 Å². The van der Waals surface area contributed by atoms with E-state index in [0.29, 0.717) is 5.92 Å². The Morgan fingerprint density at radius 1 is 1.19 bits per heavy atom. The molecular formula is C15H26O. The van der Waals surface area contributed by atoms with Crippen LogP contribution in [0.2, 0.25) is 0 Å². The van der Waals surface area contributed by atoms with Gasteiger partial charge in [0.05, 0.1) is 0 Å². The standard InChI is InChI=1S/C15H26O/c1-12(2)6-8-15(13(3)4)9-7-14(5)10-11-16/h7,15-16H,1,3,6,8-11H2,2,4-5H3/b14-7-/t15-/m1/s1. The molecule has 0 amide bonds. The van der Waals surface area contributed by atoms with Gasteiger partial charge in [0, 0.05) is 6.61 Å². The van der Waals surface area contributed by atoms with Gasteiger partial charge in [-0.3, -0.25) is 0 Å². The molecule has 0 radical (unpaired) electrons. The summed E-state index contributed by atoms with van der Waals surface area (Å²) in [6, 6.07) is 0. The normalized spacial score (nSPS) is 13.6. The first-order valence-corrected chi connectivity index (χ1v) is 6.03. The first-order valence-electron chi connectivity index (χ1n) is 6.03. The third kappa shape index (κ3) is 7.47. The molecule has 92 valence electrons. The predicted molar refractivity (Wildman–Crippen MR) is 72.4 cm³/mol. The molecule has 1 heteroatoms. The number of allylic oxidation sites excluding steroid dienone is 3. The van der Waals surface area contributed by atoms with Crippen LogP contribution in [-0.4, -0.2) is 11.7 Å². The fourth-order valence-corrected chi connectivity index (χ4v) is 1.61. The second-order valence-corrected chi connectivity index (χ2v) is 4.80. The first-order chi connectivity index (χ1) is 7.47. The minimum absolute atomic E-state index is 0.242. The molecule has 0 saturated heterocycles. The van der Waals surface area contributed by atoms with Crippen molar-refractivity contribution in [2.75, 3.05) is 6.61 Å². The van der Waals surface area contributed by atoms with Crippen LogP contribution in [-0.2, 0) is 0 Å². The molecule has 16 heavy (non-hydrogen) atoms. The van der Waals surface area contributed by atoms with E-state index in [2.05, 4.69) is 40.0 Å². The Bertz CT molecular complexity index is 261. The summed E-state index contributed by atoms with van der Waals surface area (Å²) in [6.07, 6.45) is 6.25. The molecule has 0 aliphatic carbocycles. The molecule has 0 aromatic rings. The first kappa shape index (κ1) is 15.2. The molecule has 1 atom stereocenters. The lowest BCUT2D eigenvalue weighted by atomic mass is 9.90. The van der Waals surface area contributed by atoms with E-state index in [9.17, 15) is 0 Å². The molecule has 0 heterocycles. The Morgan fingerprint density at radius 3 is 2.25 bits per heavy atom. The zero-order valence-corrected chi connectivity index (χ0v) is 11.1. The third-order valence-electron chi connectivity index (χ3n) is 2.87. The summed E-state index contributed by atoms with van der Waals surface area (Å²) < 4.78 is 0. The van der Waals surface area contributed by atoms with E-state index in [4.69, 9.17) is 5.11 Å². The third-order valence-corrected chi connectivity index (χ3v) is 2.87. The van der Waals surface area contributed by atoms with Crippen LogP contribution in [0.5, 0.6) is 0 Å². The van der Waals surface area contributed by atoms with Gasteiger partial charge in [0.1, 0.15) is 0 Å². The van der Waals surface area contributed by atoms with Crippen LogP contribution in [0.25, 0.3) is 0 Å². The van der Waals surface area contributed by atoms with Crippen molar-refractivity contribution in [3.8, 4) is 0 Å². The lowest BCUT2D eigenvalue weighted by molar-refractivity contribution is 0.299. The van der Waals surface area contributed by atoms with Crippen molar-refractivity contribution in [2.24, 2.45) is 5.92 Å². The minimum Gasteiger partial charge on any atom is -0.396 e. The maximum atomic E-state index is 8.82. The highest BCUT2D eigenvalue weighted by Gasteiger charge is 2.07. The molecule has 0 fully saturated rings. The maximum absolute atomic E-state index is 8.82. The van der Waals surface area contributed by atoms with Crippen molar-refractivity contribution in [3.05, 3.63) is 36.0 Å². The predicted octanol–water partition coefficient (Wildman–Crippen LogP) is 4.25. The average Bonchev–Trinajstić information content (AvgIpc) is 2.17. The number of hydrogen-bond acceptors (Lipinski definition) is 1. The Hall–Kier alpha value is -0.820. The molecule has 0 aromatic heterocycles. The van der Waals surface area contributed by atoms with E-state index in [-0.39, 0.29) is 6.61 Å². The lowest BCUT2D eigenvalue weighted by Gasteiger charge is -2.15. The van der Waals surface area contributed by atoms with Gasteiger partial charge in [-0.1, -0.05) is 29.4 Å². The van der Waals surface area contributed by atoms with Crippen LogP contribution < -0.4 is 0 Å². The summed E-state index contributed by atoms with van der Waals surface area (Å²) in [5.74, 6) is 0.547. The van der Waals surface area contributed by atoms with Crippen LogP contribution in [0.4, 0.5) is 0 Å². The minimum atomic E-state index is 0.242. The fraction of sp³-hybridized carbons (Fsp3) is 0.600. The number of hydrogen-bond donors (Lipinski definition) is 1. The van der Waals surface area contributed by atoms with Gasteiger partial charge in [-0.15, -0.1) is 6.58 Å². The molecule has 0 aliphatic heterocycles. The molecular weight excluding hydrogens is 196 g/mol. The number of aliphatic hydroxyl groups excluding tert-OH is 1. The van der Waals surface area contributed by atoms with Crippen molar-refractivity contribution in [2.45, 2.75) is 46.5 Å². The van der Waals surface area contributed by atoms with Gasteiger partial charge in [0.15, 0.2) is 0 Å². The number of rotatable bonds is 8. The average molecular weight is 222 g/mol. The van der Waals surface area contributed by atoms with Gasteiger partial charge < -0.3 is 5.11 Å². The Kier molecular flexibility index (Phi) is 7.92. The van der Waals surface area contributed by atoms with Crippen LogP contribution in [0.3, 0.4) is 0 Å². The van der Waals surface area contributed by atoms with Gasteiger partial charge >= 0.3 is 0 Å². The zero-order valence-electron chi connectivity index (χ0n) is 11.1. The molecule has 0 spiro atoms. The highest BCUT2D eigenvalue weighted by atomic mass is 16.2. The SMILES string of the molecule is C=C(C)CC[C@H](C/C=C(/C)CCO)C(=C)C. The van der Waals surface area contributed by atoms with Crippen molar-refractivity contribution >= 4 is 0 Å². The zero-order chi connectivity index (χ0) is 12.6. The van der Waals surface area contributed by atoms with Crippen LogP contribution in [0.1, 0.15) is 46.5 Å². The van der Waals surface area contributed by atoms with E-state index in [0.717, 1.165) is 25.7 Å². The van der Waals surface area contributed by atoms with E-state index in [1.807, 2.05) is 0 Å². The van der Waals surface area contributed by atoms with Crippen molar-refractivity contribution in [1.82, 2.24) is 0 Å². The van der Waals surface area contributed by atoms with Crippen molar-refractivity contribution in [3.63, 3.8) is 0 Å². The van der Waals surface area contributed by atoms with Gasteiger partial charge in [-0.2, -0.15) is 0 Å². The summed E-state index contributed by atoms with van der Waals surface area (Å²) in [6.45, 7) is 14.5. The monoisotopic (exact) mass is 222 g/mol. The van der Waals surface area contributed by atoms with Crippen LogP contribution in [0, 0.1) is 5.92 Å². The highest BCUT2D eigenvalue weighted by molar-refractivity contribution is 5.05. The largest absolute Gasteiger partial charge is 0.396 e. The summed E-state index contributed by atoms with van der Waals surface area (Å²) in [5, 5.41) is 8.82. The lowest BCUT2D eigenvalue weighted by Crippen LogP contribution is -2.01. The van der Waals surface area contributed by atoms with E-state index in [1.54, 1.807) is 0 Å². The molecule has 0 rings (SSSR count). The Balaban J connectivity index is 4.18. The molecule has 0 aromatic carbocycles. The van der Waals surface area contributed by atoms with Crippen molar-refractivity contribution < 1.29 is 5.11 Å². The van der Waals surface area contributed by atoms with E-state index in [1.165, 1.54) is 16.7 Å². The summed E-state index contributed by atoms with van der Waals surface area (Å²) >= 11 is 0. The van der Waals surface area contributed by atoms with Crippen LogP contribution in [0.15, 0.2) is 36.0 Å². The molecule has 1 N–H and O–H groups in total. The molecule has 0 saturated carbocycles. The van der Waals surface area contributed by atoms with Gasteiger partial charge in [0.2, 0.25) is 0 Å². The summed E-state index contributed by atoms with van der Waals surface area (Å²) in [4.78, 5) is 0. The fourth-order valence-electron chi connectivity index (χ4n) is 1.61. The quantitative estimate of drug-likeness (QED) is 0.609. The van der Waals surface area contributed by atoms with Crippen molar-refractivity contribution in [1.29, 1.82) is 0 Å². The van der Waals surface area contributed by atoms with E-state index < -0.39 is 0 Å². The second-order valence-electron chi connectivity index (χ2n) is 4.80. The van der Waals surface area contributed by atoms with Gasteiger partial charge in [-0.05, 0) is 52.4 Å². The Labute approximate surface area is 101 Å². The number of aliphatic hydroxyl groups is 1. The maximum Gasteiger partial charge on any atom is 0.0468 e. The van der Waals surface area contributed by atoms with Gasteiger partial charge in [-0.25, -0.2) is 0 Å². The Morgan fingerprint density at radius 2 is 1.81 bits per heavy atom. The second kappa shape index (κ2) is 8.35. The topological polar surface area (TPSA) is 20.2 Å². The smallest absolute Gasteiger partial charge is 0.0468 e. The van der Waals surface area contributed by atoms with Gasteiger partial charge in [0.25, 0.3) is 0 Å². The summed E-state index contributed by atoms with van der Waals surface area (Å²) in [7, 11) is 0. The van der Waals surface area contributed by atoms with E-state index >= 15 is 0 Å².